The molecule has 168 valence electrons. The number of carboxylic acid groups (broad SMARTS) is 1. The van der Waals surface area contributed by atoms with Gasteiger partial charge in [-0.1, -0.05) is 73.9 Å². The van der Waals surface area contributed by atoms with Crippen LogP contribution in [0.15, 0.2) is 54.6 Å². The van der Waals surface area contributed by atoms with Crippen molar-refractivity contribution in [2.75, 3.05) is 0 Å². The molecule has 1 saturated carbocycles. The van der Waals surface area contributed by atoms with Gasteiger partial charge < -0.3 is 14.9 Å². The van der Waals surface area contributed by atoms with Crippen molar-refractivity contribution in [1.82, 2.24) is 4.90 Å². The Bertz CT molecular complexity index is 875. The molecule has 1 aliphatic rings. The molecule has 1 atom stereocenters. The Morgan fingerprint density at radius 3 is 2.00 bits per heavy atom. The van der Waals surface area contributed by atoms with E-state index >= 15 is 0 Å². The van der Waals surface area contributed by atoms with Crippen LogP contribution in [0.3, 0.4) is 0 Å². The number of hydrogen-bond acceptors (Lipinski definition) is 3. The molecule has 31 heavy (non-hydrogen) atoms. The Morgan fingerprint density at radius 1 is 0.903 bits per heavy atom. The third kappa shape index (κ3) is 7.89. The van der Waals surface area contributed by atoms with E-state index in [0.29, 0.717) is 24.6 Å². The second-order valence-electron chi connectivity index (χ2n) is 8.59. The third-order valence-corrected chi connectivity index (χ3v) is 6.85. The fourth-order valence-corrected chi connectivity index (χ4v) is 5.31. The van der Waals surface area contributed by atoms with Crippen molar-refractivity contribution in [2.45, 2.75) is 63.8 Å². The van der Waals surface area contributed by atoms with Crippen LogP contribution in [-0.2, 0) is 28.6 Å². The molecule has 0 radical (unpaired) electrons. The molecule has 3 N–H and O–H groups in total. The predicted octanol–water partition coefficient (Wildman–Crippen LogP) is 4.79. The number of aliphatic carboxylic acids is 1. The molecule has 2 aromatic carbocycles. The van der Waals surface area contributed by atoms with Crippen LogP contribution in [0.25, 0.3) is 0 Å². The van der Waals surface area contributed by atoms with Crippen LogP contribution in [0.4, 0.5) is 0 Å². The molecular formula is C24H32NO5P. The Morgan fingerprint density at radius 2 is 1.45 bits per heavy atom. The summed E-state index contributed by atoms with van der Waals surface area (Å²) in [6.45, 7) is 1.26. The molecule has 0 spiro atoms. The zero-order valence-corrected chi connectivity index (χ0v) is 18.7. The molecule has 1 fully saturated rings. The summed E-state index contributed by atoms with van der Waals surface area (Å²) in [4.78, 5) is 32.4. The van der Waals surface area contributed by atoms with Crippen molar-refractivity contribution in [3.8, 4) is 0 Å². The summed E-state index contributed by atoms with van der Waals surface area (Å²) in [5.74, 6) is -0.409. The highest BCUT2D eigenvalue weighted by atomic mass is 31.2. The van der Waals surface area contributed by atoms with Crippen LogP contribution in [-0.4, -0.2) is 31.8 Å². The lowest BCUT2D eigenvalue weighted by molar-refractivity contribution is -0.139. The molecule has 0 saturated heterocycles. The monoisotopic (exact) mass is 445 g/mol. The van der Waals surface area contributed by atoms with Gasteiger partial charge in [-0.15, -0.1) is 0 Å². The molecule has 6 nitrogen and oxygen atoms in total. The van der Waals surface area contributed by atoms with Crippen LogP contribution in [0.1, 0.15) is 55.2 Å². The highest BCUT2D eigenvalue weighted by molar-refractivity contribution is 7.50. The third-order valence-electron chi connectivity index (χ3n) is 6.07. The van der Waals surface area contributed by atoms with Crippen molar-refractivity contribution in [3.63, 3.8) is 0 Å². The number of carbonyl (C=O) groups is 1. The SMILES string of the molecule is O=C(O)CC(C1CCCCC1)N(Cc1ccccc1)Cc1ccc(CP(=O)(O)O)cc1. The van der Waals surface area contributed by atoms with Gasteiger partial charge in [-0.3, -0.25) is 14.3 Å². The van der Waals surface area contributed by atoms with E-state index in [-0.39, 0.29) is 18.6 Å². The molecule has 0 bridgehead atoms. The van der Waals surface area contributed by atoms with Crippen molar-refractivity contribution in [2.24, 2.45) is 5.92 Å². The standard InChI is InChI=1S/C24H32NO5P/c26-24(27)15-23(22-9-5-2-6-10-22)25(16-19-7-3-1-4-8-19)17-20-11-13-21(14-12-20)18-31(28,29)30/h1,3-4,7-8,11-14,22-23H,2,5-6,9-10,15-18H2,(H,26,27)(H2,28,29,30). The first-order valence-electron chi connectivity index (χ1n) is 10.9. The fraction of sp³-hybridized carbons (Fsp3) is 0.458. The Hall–Kier alpha value is -1.98. The van der Waals surface area contributed by atoms with Crippen LogP contribution in [0, 0.1) is 5.92 Å². The van der Waals surface area contributed by atoms with E-state index in [1.807, 2.05) is 30.3 Å². The average Bonchev–Trinajstić information content (AvgIpc) is 2.73. The summed E-state index contributed by atoms with van der Waals surface area (Å²) in [6.07, 6.45) is 5.48. The summed E-state index contributed by atoms with van der Waals surface area (Å²) < 4.78 is 11.3. The second kappa shape index (κ2) is 11.1. The van der Waals surface area contributed by atoms with Gasteiger partial charge >= 0.3 is 13.6 Å². The molecule has 7 heteroatoms. The normalized spacial score (nSPS) is 16.4. The highest BCUT2D eigenvalue weighted by Gasteiger charge is 2.31. The Balaban J connectivity index is 1.83. The molecule has 2 aromatic rings. The summed E-state index contributed by atoms with van der Waals surface area (Å²) >= 11 is 0. The lowest BCUT2D eigenvalue weighted by atomic mass is 9.81. The quantitative estimate of drug-likeness (QED) is 0.455. The summed E-state index contributed by atoms with van der Waals surface area (Å²) in [6, 6.07) is 17.3. The molecule has 3 rings (SSSR count). The average molecular weight is 445 g/mol. The van der Waals surface area contributed by atoms with Gasteiger partial charge in [0.2, 0.25) is 0 Å². The zero-order chi connectivity index (χ0) is 22.3. The number of hydrogen-bond donors (Lipinski definition) is 3. The number of benzene rings is 2. The van der Waals surface area contributed by atoms with Crippen LogP contribution in [0.2, 0.25) is 0 Å². The highest BCUT2D eigenvalue weighted by Crippen LogP contribution is 2.39. The summed E-state index contributed by atoms with van der Waals surface area (Å²) in [5.41, 5.74) is 2.75. The van der Waals surface area contributed by atoms with Gasteiger partial charge in [0.1, 0.15) is 0 Å². The van der Waals surface area contributed by atoms with E-state index in [0.717, 1.165) is 36.8 Å². The molecule has 1 unspecified atom stereocenters. The van der Waals surface area contributed by atoms with E-state index in [2.05, 4.69) is 17.0 Å². The summed E-state index contributed by atoms with van der Waals surface area (Å²) in [7, 11) is -4.10. The molecule has 0 heterocycles. The van der Waals surface area contributed by atoms with E-state index in [1.165, 1.54) is 6.42 Å². The Kier molecular flexibility index (Phi) is 8.44. The van der Waals surface area contributed by atoms with E-state index in [1.54, 1.807) is 12.1 Å². The van der Waals surface area contributed by atoms with Crippen LogP contribution in [0.5, 0.6) is 0 Å². The van der Waals surface area contributed by atoms with Gasteiger partial charge in [0.05, 0.1) is 12.6 Å². The smallest absolute Gasteiger partial charge is 0.329 e. The van der Waals surface area contributed by atoms with Gasteiger partial charge in [0.25, 0.3) is 0 Å². The van der Waals surface area contributed by atoms with Gasteiger partial charge in [-0.2, -0.15) is 0 Å². The first-order chi connectivity index (χ1) is 14.8. The molecule has 0 aliphatic heterocycles. The molecule has 1 aliphatic carbocycles. The largest absolute Gasteiger partial charge is 0.481 e. The van der Waals surface area contributed by atoms with E-state index in [9.17, 15) is 24.3 Å². The van der Waals surface area contributed by atoms with Gasteiger partial charge in [0, 0.05) is 19.1 Å². The fourth-order valence-electron chi connectivity index (χ4n) is 4.62. The first-order valence-corrected chi connectivity index (χ1v) is 12.7. The second-order valence-corrected chi connectivity index (χ2v) is 10.2. The molecular weight excluding hydrogens is 413 g/mol. The summed E-state index contributed by atoms with van der Waals surface area (Å²) in [5, 5.41) is 9.64. The minimum absolute atomic E-state index is 0.0483. The van der Waals surface area contributed by atoms with Crippen molar-refractivity contribution >= 4 is 13.6 Å². The van der Waals surface area contributed by atoms with E-state index < -0.39 is 13.6 Å². The topological polar surface area (TPSA) is 98.1 Å². The number of nitrogens with zero attached hydrogens (tertiary/aromatic N) is 1. The maximum Gasteiger partial charge on any atom is 0.329 e. The lowest BCUT2D eigenvalue weighted by Gasteiger charge is -2.38. The van der Waals surface area contributed by atoms with Crippen LogP contribution < -0.4 is 0 Å². The first kappa shape index (κ1) is 23.7. The Labute approximate surface area is 184 Å². The number of rotatable bonds is 10. The molecule has 0 aromatic heterocycles. The van der Waals surface area contributed by atoms with Crippen LogP contribution >= 0.6 is 7.60 Å². The number of carboxylic acids is 1. The van der Waals surface area contributed by atoms with Gasteiger partial charge in [-0.05, 0) is 35.4 Å². The van der Waals surface area contributed by atoms with Crippen molar-refractivity contribution in [1.29, 1.82) is 0 Å². The zero-order valence-electron chi connectivity index (χ0n) is 17.8. The van der Waals surface area contributed by atoms with Gasteiger partial charge in [0.15, 0.2) is 0 Å². The maximum atomic E-state index is 11.7. The van der Waals surface area contributed by atoms with E-state index in [4.69, 9.17) is 0 Å². The minimum atomic E-state index is -4.10. The van der Waals surface area contributed by atoms with Gasteiger partial charge in [-0.25, -0.2) is 0 Å². The van der Waals surface area contributed by atoms with Crippen molar-refractivity contribution in [3.05, 3.63) is 71.3 Å². The maximum absolute atomic E-state index is 11.7. The molecule has 0 amide bonds. The minimum Gasteiger partial charge on any atom is -0.481 e. The lowest BCUT2D eigenvalue weighted by Crippen LogP contribution is -2.42. The predicted molar refractivity (Wildman–Crippen MR) is 120 cm³/mol. The van der Waals surface area contributed by atoms with Crippen molar-refractivity contribution < 1.29 is 24.3 Å².